The van der Waals surface area contributed by atoms with Gasteiger partial charge in [-0.15, -0.1) is 0 Å². The molecular weight excluding hydrogens is 422 g/mol. The van der Waals surface area contributed by atoms with Gasteiger partial charge in [-0.05, 0) is 48.5 Å². The third kappa shape index (κ3) is 4.17. The highest BCUT2D eigenvalue weighted by atomic mass is 35.5. The molecule has 0 aliphatic carbocycles. The van der Waals surface area contributed by atoms with E-state index in [1.807, 2.05) is 0 Å². The maximum Gasteiger partial charge on any atom is 0.269 e. The number of hydrogen-bond donors (Lipinski definition) is 0. The number of carbonyl (C=O) groups is 1. The third-order valence-electron chi connectivity index (χ3n) is 4.61. The smallest absolute Gasteiger partial charge is 0.269 e. The van der Waals surface area contributed by atoms with Crippen LogP contribution in [0.1, 0.15) is 10.4 Å². The first-order valence-corrected chi connectivity index (χ1v) is 9.54. The normalized spacial score (nSPS) is 10.7. The van der Waals surface area contributed by atoms with Crippen LogP contribution in [0.25, 0.3) is 22.3 Å². The highest BCUT2D eigenvalue weighted by Gasteiger charge is 2.19. The number of ketones is 1. The van der Waals surface area contributed by atoms with Gasteiger partial charge in [0, 0.05) is 28.3 Å². The van der Waals surface area contributed by atoms with Crippen LogP contribution >= 0.6 is 11.6 Å². The van der Waals surface area contributed by atoms with Gasteiger partial charge in [0.2, 0.25) is 11.2 Å². The number of para-hydroxylation sites is 1. The molecule has 7 nitrogen and oxygen atoms in total. The van der Waals surface area contributed by atoms with Crippen LogP contribution in [0.2, 0.25) is 5.02 Å². The topological polar surface area (TPSA) is 99.7 Å². The Labute approximate surface area is 180 Å². The molecule has 0 N–H and O–H groups in total. The van der Waals surface area contributed by atoms with Crippen molar-refractivity contribution in [2.45, 2.75) is 0 Å². The number of halogens is 1. The number of nitro benzene ring substituents is 1. The lowest BCUT2D eigenvalue weighted by molar-refractivity contribution is -0.384. The molecule has 31 heavy (non-hydrogen) atoms. The van der Waals surface area contributed by atoms with Crippen molar-refractivity contribution in [1.29, 1.82) is 0 Å². The molecule has 1 heterocycles. The third-order valence-corrected chi connectivity index (χ3v) is 4.86. The summed E-state index contributed by atoms with van der Waals surface area (Å²) in [7, 11) is 0. The average molecular weight is 436 g/mol. The van der Waals surface area contributed by atoms with Crippen molar-refractivity contribution in [2.24, 2.45) is 0 Å². The van der Waals surface area contributed by atoms with Crippen LogP contribution in [0.4, 0.5) is 5.69 Å². The largest absolute Gasteiger partial charge is 0.478 e. The van der Waals surface area contributed by atoms with E-state index < -0.39 is 22.7 Å². The summed E-state index contributed by atoms with van der Waals surface area (Å²) < 4.78 is 11.6. The van der Waals surface area contributed by atoms with E-state index in [9.17, 15) is 19.7 Å². The van der Waals surface area contributed by atoms with Crippen LogP contribution in [0.3, 0.4) is 0 Å². The van der Waals surface area contributed by atoms with Crippen molar-refractivity contribution >= 4 is 34.0 Å². The number of hydrogen-bond acceptors (Lipinski definition) is 6. The Kier molecular flexibility index (Phi) is 5.51. The van der Waals surface area contributed by atoms with Gasteiger partial charge in [0.05, 0.1) is 10.3 Å². The van der Waals surface area contributed by atoms with Gasteiger partial charge < -0.3 is 9.15 Å². The lowest BCUT2D eigenvalue weighted by Crippen LogP contribution is -2.17. The van der Waals surface area contributed by atoms with Gasteiger partial charge in [-0.3, -0.25) is 19.7 Å². The molecule has 4 rings (SSSR count). The van der Waals surface area contributed by atoms with Gasteiger partial charge >= 0.3 is 0 Å². The average Bonchev–Trinajstić information content (AvgIpc) is 2.79. The maximum absolute atomic E-state index is 13.1. The minimum Gasteiger partial charge on any atom is -0.478 e. The van der Waals surface area contributed by atoms with Crippen molar-refractivity contribution < 1.29 is 18.9 Å². The number of non-ortho nitro benzene ring substituents is 1. The van der Waals surface area contributed by atoms with Crippen LogP contribution in [0, 0.1) is 10.1 Å². The van der Waals surface area contributed by atoms with E-state index in [4.69, 9.17) is 20.8 Å². The number of Topliss-reactive ketones (excluding diaryl/α,β-unsaturated/α-hetero) is 1. The molecule has 4 aromatic rings. The molecule has 0 amide bonds. The quantitative estimate of drug-likeness (QED) is 0.232. The second kappa shape index (κ2) is 8.41. The second-order valence-corrected chi connectivity index (χ2v) is 7.04. The highest BCUT2D eigenvalue weighted by molar-refractivity contribution is 6.30. The molecule has 0 aliphatic heterocycles. The summed E-state index contributed by atoms with van der Waals surface area (Å²) in [5, 5.41) is 11.6. The molecule has 0 bridgehead atoms. The van der Waals surface area contributed by atoms with Crippen molar-refractivity contribution in [3.05, 3.63) is 104 Å². The molecule has 154 valence electrons. The summed E-state index contributed by atoms with van der Waals surface area (Å²) >= 11 is 5.96. The highest BCUT2D eigenvalue weighted by Crippen LogP contribution is 2.31. The zero-order valence-electron chi connectivity index (χ0n) is 15.9. The van der Waals surface area contributed by atoms with Gasteiger partial charge in [0.1, 0.15) is 5.58 Å². The Morgan fingerprint density at radius 2 is 1.68 bits per heavy atom. The summed E-state index contributed by atoms with van der Waals surface area (Å²) in [4.78, 5) is 35.8. The number of nitro groups is 1. The molecule has 3 aromatic carbocycles. The summed E-state index contributed by atoms with van der Waals surface area (Å²) in [6.07, 6.45) is 0. The van der Waals surface area contributed by atoms with E-state index in [2.05, 4.69) is 0 Å². The molecule has 0 saturated carbocycles. The van der Waals surface area contributed by atoms with Crippen molar-refractivity contribution in [3.8, 4) is 17.1 Å². The van der Waals surface area contributed by atoms with E-state index in [-0.39, 0.29) is 22.8 Å². The minimum atomic E-state index is -0.552. The van der Waals surface area contributed by atoms with Crippen molar-refractivity contribution in [1.82, 2.24) is 0 Å². The van der Waals surface area contributed by atoms with Crippen LogP contribution in [0.5, 0.6) is 5.75 Å². The van der Waals surface area contributed by atoms with E-state index >= 15 is 0 Å². The molecule has 0 atom stereocenters. The van der Waals surface area contributed by atoms with E-state index in [1.165, 1.54) is 24.3 Å². The summed E-state index contributed by atoms with van der Waals surface area (Å²) in [5.74, 6) is -0.363. The van der Waals surface area contributed by atoms with Crippen LogP contribution in [0.15, 0.2) is 82.0 Å². The zero-order valence-corrected chi connectivity index (χ0v) is 16.7. The number of ether oxygens (including phenoxy) is 1. The van der Waals surface area contributed by atoms with Gasteiger partial charge in [-0.1, -0.05) is 23.7 Å². The van der Waals surface area contributed by atoms with E-state index in [0.717, 1.165) is 0 Å². The number of nitrogens with zero attached hydrogens (tertiary/aromatic N) is 1. The van der Waals surface area contributed by atoms with Crippen LogP contribution in [-0.2, 0) is 0 Å². The zero-order chi connectivity index (χ0) is 22.0. The van der Waals surface area contributed by atoms with E-state index in [0.29, 0.717) is 21.6 Å². The standard InChI is InChI=1S/C23H14ClNO6/c24-16-9-5-15(6-10-16)22-23(21(27)18-3-1-2-4-20(18)31-22)30-13-19(26)14-7-11-17(12-8-14)25(28)29/h1-12H,13H2. The Bertz CT molecular complexity index is 1340. The molecule has 0 radical (unpaired) electrons. The SMILES string of the molecule is O=C(COc1c(-c2ccc(Cl)cc2)oc2ccccc2c1=O)c1ccc([N+](=O)[O-])cc1. The first-order valence-electron chi connectivity index (χ1n) is 9.16. The first-order chi connectivity index (χ1) is 14.9. The Hall–Kier alpha value is -3.97. The van der Waals surface area contributed by atoms with Crippen LogP contribution < -0.4 is 10.2 Å². The number of rotatable bonds is 6. The van der Waals surface area contributed by atoms with Gasteiger partial charge in [0.25, 0.3) is 5.69 Å². The summed E-state index contributed by atoms with van der Waals surface area (Å²) in [5.41, 5.74) is 0.626. The van der Waals surface area contributed by atoms with Gasteiger partial charge in [0.15, 0.2) is 18.2 Å². The fourth-order valence-electron chi connectivity index (χ4n) is 3.04. The minimum absolute atomic E-state index is 0.101. The monoisotopic (exact) mass is 435 g/mol. The lowest BCUT2D eigenvalue weighted by atomic mass is 10.1. The van der Waals surface area contributed by atoms with E-state index in [1.54, 1.807) is 48.5 Å². The molecule has 0 spiro atoms. The summed E-state index contributed by atoms with van der Waals surface area (Å²) in [6, 6.07) is 18.5. The van der Waals surface area contributed by atoms with Gasteiger partial charge in [-0.2, -0.15) is 0 Å². The molecule has 8 heteroatoms. The number of fused-ring (bicyclic) bond motifs is 1. The maximum atomic E-state index is 13.1. The molecule has 0 aliphatic rings. The Morgan fingerprint density at radius 3 is 2.35 bits per heavy atom. The fourth-order valence-corrected chi connectivity index (χ4v) is 3.16. The predicted molar refractivity (Wildman–Crippen MR) is 116 cm³/mol. The molecule has 1 aromatic heterocycles. The molecule has 0 unspecified atom stereocenters. The molecule has 0 fully saturated rings. The van der Waals surface area contributed by atoms with Crippen LogP contribution in [-0.4, -0.2) is 17.3 Å². The molecular formula is C23H14ClNO6. The molecule has 0 saturated heterocycles. The number of carbonyl (C=O) groups excluding carboxylic acids is 1. The van der Waals surface area contributed by atoms with Crippen molar-refractivity contribution in [3.63, 3.8) is 0 Å². The fraction of sp³-hybridized carbons (Fsp3) is 0.0435. The Morgan fingerprint density at radius 1 is 1.00 bits per heavy atom. The van der Waals surface area contributed by atoms with Gasteiger partial charge in [-0.25, -0.2) is 0 Å². The second-order valence-electron chi connectivity index (χ2n) is 6.61. The Balaban J connectivity index is 1.70. The first kappa shape index (κ1) is 20.3. The number of benzene rings is 3. The van der Waals surface area contributed by atoms with Crippen molar-refractivity contribution in [2.75, 3.05) is 6.61 Å². The lowest BCUT2D eigenvalue weighted by Gasteiger charge is -2.11. The summed E-state index contributed by atoms with van der Waals surface area (Å²) in [6.45, 7) is -0.443. The predicted octanol–water partition coefficient (Wildman–Crippen LogP) is 5.28.